The van der Waals surface area contributed by atoms with Crippen LogP contribution in [0.5, 0.6) is 11.6 Å². The van der Waals surface area contributed by atoms with Crippen LogP contribution in [0, 0.1) is 0 Å². The second kappa shape index (κ2) is 6.29. The molecule has 4 rings (SSSR count). The van der Waals surface area contributed by atoms with Crippen molar-refractivity contribution < 1.29 is 9.26 Å². The van der Waals surface area contributed by atoms with Crippen molar-refractivity contribution in [2.75, 3.05) is 20.6 Å². The molecule has 0 saturated heterocycles. The molecule has 0 atom stereocenters. The lowest BCUT2D eigenvalue weighted by molar-refractivity contribution is 0.291. The normalized spacial score (nSPS) is 15.3. The highest BCUT2D eigenvalue weighted by atomic mass is 16.5. The Morgan fingerprint density at radius 3 is 2.64 bits per heavy atom. The van der Waals surface area contributed by atoms with Gasteiger partial charge in [-0.25, -0.2) is 4.98 Å². The second-order valence-corrected chi connectivity index (χ2v) is 6.71. The molecule has 0 spiro atoms. The van der Waals surface area contributed by atoms with Crippen molar-refractivity contribution in [2.24, 2.45) is 0 Å². The molecule has 1 saturated carbocycles. The Hall–Kier alpha value is -2.73. The van der Waals surface area contributed by atoms with Gasteiger partial charge in [-0.05, 0) is 51.2 Å². The molecular formula is C19H20N4O2. The first-order valence-electron chi connectivity index (χ1n) is 8.33. The molecule has 6 nitrogen and oxygen atoms in total. The molecule has 0 unspecified atom stereocenters. The van der Waals surface area contributed by atoms with Gasteiger partial charge >= 0.3 is 0 Å². The molecule has 3 aromatic rings. The molecule has 0 amide bonds. The fraction of sp³-hybridized carbons (Fsp3) is 0.316. The Morgan fingerprint density at radius 2 is 1.92 bits per heavy atom. The standard InChI is InChI=1S/C19H20N4O2/c1-23(2)13-19(10-11-19)18-21-16(22-25-18)15-9-6-12-20-17(15)24-14-7-4-3-5-8-14/h3-9,12H,10-11,13H2,1-2H3. The number of nitrogens with zero attached hydrogens (tertiary/aromatic N) is 4. The third-order valence-corrected chi connectivity index (χ3v) is 4.32. The number of hydrogen-bond donors (Lipinski definition) is 0. The zero-order chi connectivity index (χ0) is 17.3. The van der Waals surface area contributed by atoms with E-state index in [9.17, 15) is 0 Å². The van der Waals surface area contributed by atoms with Gasteiger partial charge < -0.3 is 14.2 Å². The fourth-order valence-corrected chi connectivity index (χ4v) is 2.99. The van der Waals surface area contributed by atoms with Crippen molar-refractivity contribution in [3.05, 3.63) is 54.6 Å². The van der Waals surface area contributed by atoms with Crippen LogP contribution < -0.4 is 4.74 Å². The predicted molar refractivity (Wildman–Crippen MR) is 93.5 cm³/mol. The maximum Gasteiger partial charge on any atom is 0.234 e. The van der Waals surface area contributed by atoms with Gasteiger partial charge in [-0.2, -0.15) is 4.98 Å². The van der Waals surface area contributed by atoms with Crippen LogP contribution >= 0.6 is 0 Å². The minimum Gasteiger partial charge on any atom is -0.438 e. The number of hydrogen-bond acceptors (Lipinski definition) is 6. The summed E-state index contributed by atoms with van der Waals surface area (Å²) in [7, 11) is 4.12. The number of pyridine rings is 1. The van der Waals surface area contributed by atoms with E-state index in [4.69, 9.17) is 9.26 Å². The summed E-state index contributed by atoms with van der Waals surface area (Å²) >= 11 is 0. The Labute approximate surface area is 146 Å². The first-order chi connectivity index (χ1) is 12.2. The molecule has 6 heteroatoms. The van der Waals surface area contributed by atoms with E-state index in [2.05, 4.69) is 34.1 Å². The summed E-state index contributed by atoms with van der Waals surface area (Å²) in [6.07, 6.45) is 3.84. The predicted octanol–water partition coefficient (Wildman–Crippen LogP) is 3.52. The fourth-order valence-electron chi connectivity index (χ4n) is 2.99. The average molecular weight is 336 g/mol. The summed E-state index contributed by atoms with van der Waals surface area (Å²) < 4.78 is 11.5. The molecule has 1 aliphatic rings. The van der Waals surface area contributed by atoms with Crippen LogP contribution in [0.25, 0.3) is 11.4 Å². The molecule has 128 valence electrons. The van der Waals surface area contributed by atoms with E-state index in [0.29, 0.717) is 17.6 Å². The maximum absolute atomic E-state index is 5.90. The van der Waals surface area contributed by atoms with Gasteiger partial charge in [0.15, 0.2) is 0 Å². The first kappa shape index (κ1) is 15.8. The highest BCUT2D eigenvalue weighted by molar-refractivity contribution is 5.61. The van der Waals surface area contributed by atoms with Gasteiger partial charge in [0.05, 0.1) is 11.0 Å². The topological polar surface area (TPSA) is 64.3 Å². The van der Waals surface area contributed by atoms with Gasteiger partial charge in [0, 0.05) is 12.7 Å². The largest absolute Gasteiger partial charge is 0.438 e. The zero-order valence-electron chi connectivity index (χ0n) is 14.3. The number of likely N-dealkylation sites (N-methyl/N-ethyl adjacent to an activating group) is 1. The molecule has 1 aromatic carbocycles. The van der Waals surface area contributed by atoms with Crippen molar-refractivity contribution in [3.63, 3.8) is 0 Å². The van der Waals surface area contributed by atoms with E-state index in [1.165, 1.54) is 0 Å². The molecule has 0 radical (unpaired) electrons. The highest BCUT2D eigenvalue weighted by Crippen LogP contribution is 2.48. The highest BCUT2D eigenvalue weighted by Gasteiger charge is 2.49. The Kier molecular flexibility index (Phi) is 3.97. The van der Waals surface area contributed by atoms with E-state index in [1.807, 2.05) is 42.5 Å². The van der Waals surface area contributed by atoms with Gasteiger partial charge in [-0.1, -0.05) is 23.4 Å². The van der Waals surface area contributed by atoms with Crippen LogP contribution in [0.4, 0.5) is 0 Å². The minimum atomic E-state index is -0.00257. The molecule has 2 aromatic heterocycles. The van der Waals surface area contributed by atoms with Gasteiger partial charge in [-0.15, -0.1) is 0 Å². The van der Waals surface area contributed by atoms with Crippen molar-refractivity contribution in [3.8, 4) is 23.0 Å². The van der Waals surface area contributed by atoms with Crippen molar-refractivity contribution >= 4 is 0 Å². The smallest absolute Gasteiger partial charge is 0.234 e. The Bertz CT molecular complexity index is 857. The lowest BCUT2D eigenvalue weighted by Gasteiger charge is -2.15. The molecule has 1 aliphatic carbocycles. The summed E-state index contributed by atoms with van der Waals surface area (Å²) in [5, 5.41) is 4.18. The molecule has 25 heavy (non-hydrogen) atoms. The third-order valence-electron chi connectivity index (χ3n) is 4.32. The molecule has 0 aliphatic heterocycles. The first-order valence-corrected chi connectivity index (χ1v) is 8.33. The minimum absolute atomic E-state index is 0.00257. The Balaban J connectivity index is 1.63. The van der Waals surface area contributed by atoms with Crippen LogP contribution in [-0.4, -0.2) is 40.7 Å². The molecule has 0 N–H and O–H groups in total. The van der Waals surface area contributed by atoms with Crippen molar-refractivity contribution in [1.29, 1.82) is 0 Å². The van der Waals surface area contributed by atoms with Gasteiger partial charge in [0.25, 0.3) is 0 Å². The number of para-hydroxylation sites is 1. The molecule has 0 bridgehead atoms. The third kappa shape index (κ3) is 3.25. The van der Waals surface area contributed by atoms with Gasteiger partial charge in [0.2, 0.25) is 17.6 Å². The average Bonchev–Trinajstić information content (AvgIpc) is 3.20. The molecule has 1 fully saturated rings. The number of benzene rings is 1. The van der Waals surface area contributed by atoms with Crippen molar-refractivity contribution in [2.45, 2.75) is 18.3 Å². The summed E-state index contributed by atoms with van der Waals surface area (Å²) in [6, 6.07) is 13.3. The zero-order valence-corrected chi connectivity index (χ0v) is 14.3. The quantitative estimate of drug-likeness (QED) is 0.686. The number of aromatic nitrogens is 3. The summed E-state index contributed by atoms with van der Waals surface area (Å²) in [5.74, 6) is 2.40. The lowest BCUT2D eigenvalue weighted by Crippen LogP contribution is -2.26. The van der Waals surface area contributed by atoms with E-state index >= 15 is 0 Å². The summed E-state index contributed by atoms with van der Waals surface area (Å²) in [5.41, 5.74) is 0.722. The van der Waals surface area contributed by atoms with Crippen LogP contribution in [0.1, 0.15) is 18.7 Å². The molecule has 2 heterocycles. The summed E-state index contributed by atoms with van der Waals surface area (Å²) in [6.45, 7) is 0.912. The van der Waals surface area contributed by atoms with E-state index in [0.717, 1.165) is 30.7 Å². The van der Waals surface area contributed by atoms with Crippen LogP contribution in [0.3, 0.4) is 0 Å². The van der Waals surface area contributed by atoms with E-state index < -0.39 is 0 Å². The van der Waals surface area contributed by atoms with Crippen LogP contribution in [0.2, 0.25) is 0 Å². The SMILES string of the molecule is CN(C)CC1(c2nc(-c3cccnc3Oc3ccccc3)no2)CC1. The second-order valence-electron chi connectivity index (χ2n) is 6.71. The van der Waals surface area contributed by atoms with Gasteiger partial charge in [0.1, 0.15) is 5.75 Å². The monoisotopic (exact) mass is 336 g/mol. The number of rotatable bonds is 6. The Morgan fingerprint density at radius 1 is 1.12 bits per heavy atom. The van der Waals surface area contributed by atoms with Gasteiger partial charge in [-0.3, -0.25) is 0 Å². The van der Waals surface area contributed by atoms with E-state index in [-0.39, 0.29) is 5.41 Å². The molecular weight excluding hydrogens is 316 g/mol. The van der Waals surface area contributed by atoms with Crippen LogP contribution in [0.15, 0.2) is 53.2 Å². The van der Waals surface area contributed by atoms with E-state index in [1.54, 1.807) is 6.20 Å². The van der Waals surface area contributed by atoms with Crippen LogP contribution in [-0.2, 0) is 5.41 Å². The lowest BCUT2D eigenvalue weighted by atomic mass is 10.1. The van der Waals surface area contributed by atoms with Crippen molar-refractivity contribution in [1.82, 2.24) is 20.0 Å². The maximum atomic E-state index is 5.90. The number of ether oxygens (including phenoxy) is 1. The summed E-state index contributed by atoms with van der Waals surface area (Å²) in [4.78, 5) is 11.1.